The van der Waals surface area contributed by atoms with Crippen LogP contribution >= 0.6 is 22.6 Å². The van der Waals surface area contributed by atoms with Crippen LogP contribution in [-0.4, -0.2) is 22.6 Å². The van der Waals surface area contributed by atoms with E-state index >= 15 is 0 Å². The van der Waals surface area contributed by atoms with E-state index in [4.69, 9.17) is 0 Å². The molecule has 0 N–H and O–H groups in total. The molecule has 0 fully saturated rings. The Morgan fingerprint density at radius 3 is 2.68 bits per heavy atom. The molecule has 1 aromatic heterocycles. The molecule has 1 aromatic carbocycles. The number of carbonyl (C=O) groups is 1. The lowest BCUT2D eigenvalue weighted by Gasteiger charge is -2.06. The highest BCUT2D eigenvalue weighted by atomic mass is 127. The first kappa shape index (κ1) is 13.7. The molecule has 1 heterocycles. The van der Waals surface area contributed by atoms with Gasteiger partial charge in [0.2, 0.25) is 0 Å². The second kappa shape index (κ2) is 5.96. The van der Waals surface area contributed by atoms with Crippen LogP contribution in [0.1, 0.15) is 15.9 Å². The van der Waals surface area contributed by atoms with E-state index in [0.717, 1.165) is 5.56 Å². The molecule has 2 aromatic rings. The van der Waals surface area contributed by atoms with Gasteiger partial charge in [0.1, 0.15) is 0 Å². The molecule has 0 atom stereocenters. The van der Waals surface area contributed by atoms with Gasteiger partial charge in [-0.05, 0) is 40.3 Å². The fraction of sp³-hybridized carbons (Fsp3) is 0.154. The molecule has 0 bridgehead atoms. The lowest BCUT2D eigenvalue weighted by molar-refractivity contribution is 0.0600. The van der Waals surface area contributed by atoms with Crippen LogP contribution in [-0.2, 0) is 11.3 Å². The smallest absolute Gasteiger partial charge is 0.337 e. The van der Waals surface area contributed by atoms with Crippen molar-refractivity contribution in [1.82, 2.24) is 9.55 Å². The summed E-state index contributed by atoms with van der Waals surface area (Å²) in [6.45, 7) is 0.421. The molecule has 0 unspecified atom stereocenters. The maximum absolute atomic E-state index is 11.8. The van der Waals surface area contributed by atoms with Crippen LogP contribution in [0.3, 0.4) is 0 Å². The molecule has 0 radical (unpaired) electrons. The third-order valence-corrected chi connectivity index (χ3v) is 3.33. The molecule has 19 heavy (non-hydrogen) atoms. The first-order valence-corrected chi connectivity index (χ1v) is 6.57. The molecule has 0 amide bonds. The van der Waals surface area contributed by atoms with Crippen LogP contribution in [0, 0.1) is 3.57 Å². The highest BCUT2D eigenvalue weighted by Gasteiger charge is 2.05. The molecular weight excluding hydrogens is 359 g/mol. The molecule has 0 aliphatic carbocycles. The van der Waals surface area contributed by atoms with Gasteiger partial charge in [0.05, 0.1) is 29.1 Å². The van der Waals surface area contributed by atoms with E-state index in [-0.39, 0.29) is 11.5 Å². The van der Waals surface area contributed by atoms with Gasteiger partial charge in [0, 0.05) is 6.20 Å². The summed E-state index contributed by atoms with van der Waals surface area (Å²) < 4.78 is 6.72. The molecule has 0 saturated carbocycles. The number of benzene rings is 1. The van der Waals surface area contributed by atoms with Crippen LogP contribution in [0.15, 0.2) is 41.6 Å². The quantitative estimate of drug-likeness (QED) is 0.610. The van der Waals surface area contributed by atoms with E-state index < -0.39 is 0 Å². The number of hydrogen-bond donors (Lipinski definition) is 0. The van der Waals surface area contributed by atoms with Crippen molar-refractivity contribution in [2.24, 2.45) is 0 Å². The average molecular weight is 370 g/mol. The molecule has 2 rings (SSSR count). The van der Waals surface area contributed by atoms with Crippen LogP contribution in [0.25, 0.3) is 0 Å². The van der Waals surface area contributed by atoms with Crippen LogP contribution in [0.5, 0.6) is 0 Å². The maximum atomic E-state index is 11.8. The van der Waals surface area contributed by atoms with Crippen molar-refractivity contribution in [3.05, 3.63) is 61.8 Å². The number of carbonyl (C=O) groups excluding carboxylic acids is 1. The monoisotopic (exact) mass is 370 g/mol. The van der Waals surface area contributed by atoms with E-state index in [1.165, 1.54) is 24.2 Å². The number of nitrogens with zero attached hydrogens (tertiary/aromatic N) is 2. The second-order valence-electron chi connectivity index (χ2n) is 3.86. The molecule has 0 aliphatic heterocycles. The fourth-order valence-corrected chi connectivity index (χ4v) is 2.07. The minimum atomic E-state index is -0.375. The zero-order chi connectivity index (χ0) is 13.8. The number of aromatic nitrogens is 2. The van der Waals surface area contributed by atoms with Crippen LogP contribution in [0.4, 0.5) is 0 Å². The number of halogens is 1. The second-order valence-corrected chi connectivity index (χ2v) is 5.03. The molecule has 0 aliphatic rings. The number of ether oxygens (including phenoxy) is 1. The van der Waals surface area contributed by atoms with Crippen molar-refractivity contribution in [1.29, 1.82) is 0 Å². The Morgan fingerprint density at radius 2 is 2.05 bits per heavy atom. The minimum Gasteiger partial charge on any atom is -0.465 e. The van der Waals surface area contributed by atoms with E-state index in [1.807, 2.05) is 22.6 Å². The van der Waals surface area contributed by atoms with E-state index in [1.54, 1.807) is 24.3 Å². The molecule has 6 heteroatoms. The van der Waals surface area contributed by atoms with Gasteiger partial charge in [-0.2, -0.15) is 0 Å². The summed E-state index contributed by atoms with van der Waals surface area (Å²) in [5.74, 6) is -0.375. The Labute approximate surface area is 123 Å². The number of rotatable bonds is 3. The normalized spacial score (nSPS) is 10.2. The molecule has 5 nitrogen and oxygen atoms in total. The zero-order valence-electron chi connectivity index (χ0n) is 10.2. The van der Waals surface area contributed by atoms with Crippen molar-refractivity contribution < 1.29 is 9.53 Å². The van der Waals surface area contributed by atoms with Crippen molar-refractivity contribution in [3.63, 3.8) is 0 Å². The SMILES string of the molecule is COC(=O)c1ccc(Cn2cncc(I)c2=O)cc1. The van der Waals surface area contributed by atoms with Crippen molar-refractivity contribution in [2.45, 2.75) is 6.54 Å². The Bertz CT molecular complexity index is 650. The summed E-state index contributed by atoms with van der Waals surface area (Å²) in [7, 11) is 1.34. The largest absolute Gasteiger partial charge is 0.465 e. The number of hydrogen-bond acceptors (Lipinski definition) is 4. The Morgan fingerprint density at radius 1 is 1.37 bits per heavy atom. The Hall–Kier alpha value is -1.70. The summed E-state index contributed by atoms with van der Waals surface area (Å²) in [6, 6.07) is 6.93. The number of esters is 1. The average Bonchev–Trinajstić information content (AvgIpc) is 2.44. The van der Waals surface area contributed by atoms with Gasteiger partial charge in [0.15, 0.2) is 0 Å². The maximum Gasteiger partial charge on any atom is 0.337 e. The molecule has 98 valence electrons. The lowest BCUT2D eigenvalue weighted by Crippen LogP contribution is -2.22. The first-order valence-electron chi connectivity index (χ1n) is 5.49. The van der Waals surface area contributed by atoms with Gasteiger partial charge in [-0.15, -0.1) is 0 Å². The summed E-state index contributed by atoms with van der Waals surface area (Å²) in [6.07, 6.45) is 3.03. The van der Waals surface area contributed by atoms with Gasteiger partial charge in [-0.1, -0.05) is 12.1 Å². The van der Waals surface area contributed by atoms with Crippen LogP contribution in [0.2, 0.25) is 0 Å². The van der Waals surface area contributed by atoms with Gasteiger partial charge < -0.3 is 4.74 Å². The zero-order valence-corrected chi connectivity index (χ0v) is 12.3. The topological polar surface area (TPSA) is 61.2 Å². The predicted molar refractivity (Wildman–Crippen MR) is 78.1 cm³/mol. The minimum absolute atomic E-state index is 0.0763. The lowest BCUT2D eigenvalue weighted by atomic mass is 10.1. The van der Waals surface area contributed by atoms with Crippen molar-refractivity contribution in [3.8, 4) is 0 Å². The van der Waals surface area contributed by atoms with Crippen molar-refractivity contribution in [2.75, 3.05) is 7.11 Å². The Kier molecular flexibility index (Phi) is 4.31. The van der Waals surface area contributed by atoms with E-state index in [0.29, 0.717) is 15.7 Å². The van der Waals surface area contributed by atoms with E-state index in [9.17, 15) is 9.59 Å². The molecule has 0 spiro atoms. The standard InChI is InChI=1S/C13H11IN2O3/c1-19-13(18)10-4-2-9(3-5-10)7-16-8-15-6-11(14)12(16)17/h2-6,8H,7H2,1H3. The molecule has 0 saturated heterocycles. The fourth-order valence-electron chi connectivity index (χ4n) is 1.60. The Balaban J connectivity index is 2.22. The van der Waals surface area contributed by atoms with Gasteiger partial charge in [-0.25, -0.2) is 9.78 Å². The van der Waals surface area contributed by atoms with Gasteiger partial charge >= 0.3 is 5.97 Å². The third-order valence-electron chi connectivity index (χ3n) is 2.59. The summed E-state index contributed by atoms with van der Waals surface area (Å²) in [5, 5.41) is 0. The summed E-state index contributed by atoms with van der Waals surface area (Å²) in [4.78, 5) is 27.1. The third kappa shape index (κ3) is 3.19. The van der Waals surface area contributed by atoms with Crippen LogP contribution < -0.4 is 5.56 Å². The highest BCUT2D eigenvalue weighted by molar-refractivity contribution is 14.1. The van der Waals surface area contributed by atoms with Crippen molar-refractivity contribution >= 4 is 28.6 Å². The van der Waals surface area contributed by atoms with E-state index in [2.05, 4.69) is 9.72 Å². The van der Waals surface area contributed by atoms with Gasteiger partial charge in [-0.3, -0.25) is 9.36 Å². The predicted octanol–water partition coefficient (Wildman–Crippen LogP) is 1.68. The first-order chi connectivity index (χ1) is 9.11. The van der Waals surface area contributed by atoms with Gasteiger partial charge in [0.25, 0.3) is 5.56 Å². The highest BCUT2D eigenvalue weighted by Crippen LogP contribution is 2.07. The summed E-state index contributed by atoms with van der Waals surface area (Å²) >= 11 is 1.95. The molecular formula is C13H11IN2O3. The summed E-state index contributed by atoms with van der Waals surface area (Å²) in [5.41, 5.74) is 1.32. The number of methoxy groups -OCH3 is 1.